The lowest BCUT2D eigenvalue weighted by Gasteiger charge is -2.29. The highest BCUT2D eigenvalue weighted by molar-refractivity contribution is 5.88. The summed E-state index contributed by atoms with van der Waals surface area (Å²) in [6.45, 7) is 3.20. The highest BCUT2D eigenvalue weighted by Crippen LogP contribution is 2.23. The fourth-order valence-electron chi connectivity index (χ4n) is 3.16. The summed E-state index contributed by atoms with van der Waals surface area (Å²) < 4.78 is 0. The van der Waals surface area contributed by atoms with Crippen molar-refractivity contribution in [1.82, 2.24) is 15.2 Å². The number of fused-ring (bicyclic) bond motifs is 1. The van der Waals surface area contributed by atoms with Crippen molar-refractivity contribution in [2.24, 2.45) is 0 Å². The molecule has 2 heterocycles. The summed E-state index contributed by atoms with van der Waals surface area (Å²) in [5.74, 6) is 1.15. The minimum absolute atomic E-state index is 0.0981. The van der Waals surface area contributed by atoms with Crippen molar-refractivity contribution in [3.63, 3.8) is 0 Å². The summed E-state index contributed by atoms with van der Waals surface area (Å²) >= 11 is 0. The average molecular weight is 360 g/mol. The molecule has 0 atom stereocenters. The standard InChI is InChI=1S/C20H20N6O/c1-14(27)22-17-6-8-18(9-7-17)23-20-24-19(12-21-25-20)26-11-10-15-4-2-3-5-16(15)13-26/h2-9,12H,10-11,13H2,1H3,(H,22,27)(H,23,24,25). The van der Waals surface area contributed by atoms with E-state index in [1.165, 1.54) is 18.1 Å². The molecule has 2 N–H and O–H groups in total. The Hall–Kier alpha value is -3.48. The lowest BCUT2D eigenvalue weighted by Crippen LogP contribution is -2.31. The maximum atomic E-state index is 11.1. The maximum absolute atomic E-state index is 11.1. The number of hydrogen-bond acceptors (Lipinski definition) is 6. The van der Waals surface area contributed by atoms with Gasteiger partial charge in [-0.05, 0) is 41.8 Å². The molecule has 1 amide bonds. The van der Waals surface area contributed by atoms with Crippen LogP contribution in [0.1, 0.15) is 18.1 Å². The number of carbonyl (C=O) groups excluding carboxylic acids is 1. The van der Waals surface area contributed by atoms with Gasteiger partial charge in [-0.25, -0.2) is 0 Å². The lowest BCUT2D eigenvalue weighted by atomic mass is 10.0. The molecule has 2 aromatic carbocycles. The Morgan fingerprint density at radius 3 is 2.56 bits per heavy atom. The van der Waals surface area contributed by atoms with Gasteiger partial charge in [-0.1, -0.05) is 24.3 Å². The second-order valence-corrected chi connectivity index (χ2v) is 6.46. The first-order chi connectivity index (χ1) is 13.2. The number of anilines is 4. The Morgan fingerprint density at radius 2 is 1.78 bits per heavy atom. The molecule has 136 valence electrons. The molecular weight excluding hydrogens is 340 g/mol. The second kappa shape index (κ2) is 7.41. The predicted molar refractivity (Wildman–Crippen MR) is 105 cm³/mol. The number of aromatic nitrogens is 3. The third kappa shape index (κ3) is 4.03. The number of hydrogen-bond donors (Lipinski definition) is 2. The fourth-order valence-corrected chi connectivity index (χ4v) is 3.16. The number of carbonyl (C=O) groups is 1. The molecule has 0 bridgehead atoms. The van der Waals surface area contributed by atoms with Gasteiger partial charge >= 0.3 is 0 Å². The van der Waals surface area contributed by atoms with E-state index in [1.54, 1.807) is 6.20 Å². The molecule has 7 heteroatoms. The van der Waals surface area contributed by atoms with Crippen LogP contribution in [0.5, 0.6) is 0 Å². The van der Waals surface area contributed by atoms with Crippen molar-refractivity contribution in [2.75, 3.05) is 22.1 Å². The van der Waals surface area contributed by atoms with Crippen molar-refractivity contribution in [2.45, 2.75) is 19.9 Å². The van der Waals surface area contributed by atoms with E-state index in [1.807, 2.05) is 24.3 Å². The van der Waals surface area contributed by atoms with E-state index < -0.39 is 0 Å². The first-order valence-corrected chi connectivity index (χ1v) is 8.83. The zero-order valence-electron chi connectivity index (χ0n) is 15.0. The van der Waals surface area contributed by atoms with Crippen LogP contribution in [-0.4, -0.2) is 27.6 Å². The van der Waals surface area contributed by atoms with Crippen LogP contribution in [0.2, 0.25) is 0 Å². The summed E-state index contributed by atoms with van der Waals surface area (Å²) in [6.07, 6.45) is 2.69. The van der Waals surface area contributed by atoms with Crippen molar-refractivity contribution in [3.05, 3.63) is 65.9 Å². The maximum Gasteiger partial charge on any atom is 0.249 e. The molecule has 1 aliphatic rings. The van der Waals surface area contributed by atoms with Gasteiger partial charge in [0.2, 0.25) is 11.9 Å². The van der Waals surface area contributed by atoms with E-state index in [-0.39, 0.29) is 5.91 Å². The summed E-state index contributed by atoms with van der Waals surface area (Å²) in [5, 5.41) is 14.1. The van der Waals surface area contributed by atoms with Gasteiger partial charge in [-0.15, -0.1) is 5.10 Å². The van der Waals surface area contributed by atoms with Gasteiger partial charge < -0.3 is 15.5 Å². The first-order valence-electron chi connectivity index (χ1n) is 8.83. The van der Waals surface area contributed by atoms with Crippen LogP contribution >= 0.6 is 0 Å². The fraction of sp³-hybridized carbons (Fsp3) is 0.200. The van der Waals surface area contributed by atoms with Gasteiger partial charge in [0.05, 0.1) is 6.20 Å². The number of rotatable bonds is 4. The number of amides is 1. The molecule has 0 aliphatic carbocycles. The molecule has 0 unspecified atom stereocenters. The zero-order chi connectivity index (χ0) is 18.6. The number of benzene rings is 2. The second-order valence-electron chi connectivity index (χ2n) is 6.46. The third-order valence-electron chi connectivity index (χ3n) is 4.46. The SMILES string of the molecule is CC(=O)Nc1ccc(Nc2nncc(N3CCc4ccccc4C3)n2)cc1. The van der Waals surface area contributed by atoms with Crippen LogP contribution in [0.4, 0.5) is 23.1 Å². The molecule has 1 aliphatic heterocycles. The largest absolute Gasteiger partial charge is 0.350 e. The molecule has 27 heavy (non-hydrogen) atoms. The van der Waals surface area contributed by atoms with E-state index in [0.717, 1.165) is 36.7 Å². The van der Waals surface area contributed by atoms with Gasteiger partial charge in [0.25, 0.3) is 0 Å². The normalized spacial score (nSPS) is 13.0. The quantitative estimate of drug-likeness (QED) is 0.744. The smallest absolute Gasteiger partial charge is 0.249 e. The van der Waals surface area contributed by atoms with Crippen LogP contribution < -0.4 is 15.5 Å². The van der Waals surface area contributed by atoms with Crippen LogP contribution in [0.25, 0.3) is 0 Å². The first kappa shape index (κ1) is 17.0. The Morgan fingerprint density at radius 1 is 1.04 bits per heavy atom. The highest BCUT2D eigenvalue weighted by atomic mass is 16.1. The molecule has 4 rings (SSSR count). The molecule has 0 spiro atoms. The van der Waals surface area contributed by atoms with E-state index >= 15 is 0 Å². The van der Waals surface area contributed by atoms with E-state index in [2.05, 4.69) is 55.0 Å². The number of nitrogens with zero attached hydrogens (tertiary/aromatic N) is 4. The lowest BCUT2D eigenvalue weighted by molar-refractivity contribution is -0.114. The molecular formula is C20H20N6O. The molecule has 0 radical (unpaired) electrons. The molecule has 1 aromatic heterocycles. The minimum Gasteiger partial charge on any atom is -0.350 e. The average Bonchev–Trinajstić information content (AvgIpc) is 2.69. The molecule has 0 fully saturated rings. The third-order valence-corrected chi connectivity index (χ3v) is 4.46. The van der Waals surface area contributed by atoms with E-state index in [9.17, 15) is 4.79 Å². The van der Waals surface area contributed by atoms with Gasteiger partial charge in [0, 0.05) is 31.4 Å². The van der Waals surface area contributed by atoms with Crippen LogP contribution in [0.15, 0.2) is 54.7 Å². The van der Waals surface area contributed by atoms with Crippen LogP contribution in [-0.2, 0) is 17.8 Å². The summed E-state index contributed by atoms with van der Waals surface area (Å²) in [5.41, 5.74) is 4.29. The van der Waals surface area contributed by atoms with Gasteiger partial charge in [-0.3, -0.25) is 4.79 Å². The van der Waals surface area contributed by atoms with Crippen molar-refractivity contribution in [3.8, 4) is 0 Å². The monoisotopic (exact) mass is 360 g/mol. The molecule has 0 saturated heterocycles. The van der Waals surface area contributed by atoms with Crippen molar-refractivity contribution >= 4 is 29.0 Å². The minimum atomic E-state index is -0.0981. The molecule has 3 aromatic rings. The van der Waals surface area contributed by atoms with Crippen LogP contribution in [0, 0.1) is 0 Å². The van der Waals surface area contributed by atoms with Gasteiger partial charge in [0.1, 0.15) is 0 Å². The zero-order valence-corrected chi connectivity index (χ0v) is 15.0. The van der Waals surface area contributed by atoms with Crippen LogP contribution in [0.3, 0.4) is 0 Å². The summed E-state index contributed by atoms with van der Waals surface area (Å²) in [4.78, 5) is 17.9. The Labute approximate surface area is 157 Å². The van der Waals surface area contributed by atoms with Crippen molar-refractivity contribution in [1.29, 1.82) is 0 Å². The Bertz CT molecular complexity index is 957. The Kier molecular flexibility index (Phi) is 4.65. The van der Waals surface area contributed by atoms with Gasteiger partial charge in [-0.2, -0.15) is 10.1 Å². The topological polar surface area (TPSA) is 83.0 Å². The molecule has 7 nitrogen and oxygen atoms in total. The highest BCUT2D eigenvalue weighted by Gasteiger charge is 2.17. The summed E-state index contributed by atoms with van der Waals surface area (Å²) in [6, 6.07) is 15.9. The predicted octanol–water partition coefficient (Wildman–Crippen LogP) is 3.14. The van der Waals surface area contributed by atoms with Gasteiger partial charge in [0.15, 0.2) is 5.82 Å². The van der Waals surface area contributed by atoms with Crippen molar-refractivity contribution < 1.29 is 4.79 Å². The molecule has 0 saturated carbocycles. The summed E-state index contributed by atoms with van der Waals surface area (Å²) in [7, 11) is 0. The Balaban J connectivity index is 1.47. The van der Waals surface area contributed by atoms with E-state index in [4.69, 9.17) is 0 Å². The van der Waals surface area contributed by atoms with E-state index in [0.29, 0.717) is 5.95 Å². The number of nitrogens with one attached hydrogen (secondary N) is 2.